The average molecular weight is 442 g/mol. The lowest BCUT2D eigenvalue weighted by Crippen LogP contribution is -2.27. The number of amides is 2. The lowest BCUT2D eigenvalue weighted by molar-refractivity contribution is -0.128. The third kappa shape index (κ3) is 4.65. The summed E-state index contributed by atoms with van der Waals surface area (Å²) in [7, 11) is -3.67. The van der Waals surface area contributed by atoms with E-state index in [0.717, 1.165) is 35.3 Å². The summed E-state index contributed by atoms with van der Waals surface area (Å²) in [5.74, 6) is 0.235. The van der Waals surface area contributed by atoms with Gasteiger partial charge in [0.1, 0.15) is 0 Å². The van der Waals surface area contributed by atoms with Crippen molar-refractivity contribution in [2.45, 2.75) is 50.6 Å². The number of fused-ring (bicyclic) bond motifs is 1. The molecular formula is C23H27N3O4S. The van der Waals surface area contributed by atoms with Gasteiger partial charge in [-0.1, -0.05) is 31.2 Å². The van der Waals surface area contributed by atoms with Crippen LogP contribution < -0.4 is 9.62 Å². The summed E-state index contributed by atoms with van der Waals surface area (Å²) in [4.78, 5) is 27.6. The Labute approximate surface area is 183 Å². The van der Waals surface area contributed by atoms with Crippen LogP contribution in [0.1, 0.15) is 42.9 Å². The van der Waals surface area contributed by atoms with Crippen LogP contribution in [0.5, 0.6) is 0 Å². The van der Waals surface area contributed by atoms with Crippen LogP contribution in [-0.2, 0) is 39.1 Å². The fourth-order valence-corrected chi connectivity index (χ4v) is 5.18. The highest BCUT2D eigenvalue weighted by Crippen LogP contribution is 2.30. The quantitative estimate of drug-likeness (QED) is 0.716. The van der Waals surface area contributed by atoms with E-state index in [2.05, 4.69) is 4.72 Å². The average Bonchev–Trinajstić information content (AvgIpc) is 3.38. The summed E-state index contributed by atoms with van der Waals surface area (Å²) in [6, 6.07) is 12.6. The number of carbonyl (C=O) groups excluding carboxylic acids is 2. The molecule has 2 amide bonds. The molecule has 1 fully saturated rings. The number of benzene rings is 2. The summed E-state index contributed by atoms with van der Waals surface area (Å²) in [6.45, 7) is 3.99. The van der Waals surface area contributed by atoms with Gasteiger partial charge >= 0.3 is 0 Å². The van der Waals surface area contributed by atoms with Crippen molar-refractivity contribution in [2.75, 3.05) is 18.0 Å². The second kappa shape index (κ2) is 8.80. The van der Waals surface area contributed by atoms with E-state index in [1.165, 1.54) is 0 Å². The third-order valence-corrected chi connectivity index (χ3v) is 7.29. The molecule has 164 valence electrons. The Bertz CT molecular complexity index is 1100. The Morgan fingerprint density at radius 1 is 1.03 bits per heavy atom. The minimum absolute atomic E-state index is 0.0463. The van der Waals surface area contributed by atoms with E-state index in [1.54, 1.807) is 23.1 Å². The van der Waals surface area contributed by atoms with Crippen LogP contribution in [0.2, 0.25) is 0 Å². The van der Waals surface area contributed by atoms with E-state index in [-0.39, 0.29) is 23.3 Å². The van der Waals surface area contributed by atoms with Crippen molar-refractivity contribution in [1.29, 1.82) is 0 Å². The van der Waals surface area contributed by atoms with Gasteiger partial charge in [0.05, 0.1) is 4.90 Å². The molecule has 2 aliphatic heterocycles. The largest absolute Gasteiger partial charge is 0.338 e. The molecule has 0 unspecified atom stereocenters. The molecule has 2 aromatic rings. The second-order valence-electron chi connectivity index (χ2n) is 8.00. The number of sulfonamides is 1. The van der Waals surface area contributed by atoms with Gasteiger partial charge in [0.2, 0.25) is 21.8 Å². The monoisotopic (exact) mass is 441 g/mol. The van der Waals surface area contributed by atoms with Gasteiger partial charge in [-0.05, 0) is 47.7 Å². The molecular weight excluding hydrogens is 414 g/mol. The maximum Gasteiger partial charge on any atom is 0.240 e. The zero-order valence-corrected chi connectivity index (χ0v) is 18.5. The van der Waals surface area contributed by atoms with Gasteiger partial charge in [0, 0.05) is 44.7 Å². The van der Waals surface area contributed by atoms with Crippen LogP contribution in [0, 0.1) is 0 Å². The summed E-state index contributed by atoms with van der Waals surface area (Å²) in [5, 5.41) is 0. The van der Waals surface area contributed by atoms with Crippen molar-refractivity contribution in [3.63, 3.8) is 0 Å². The van der Waals surface area contributed by atoms with Gasteiger partial charge in [0.15, 0.2) is 0 Å². The maximum atomic E-state index is 12.8. The number of nitrogens with zero attached hydrogens (tertiary/aromatic N) is 2. The first-order chi connectivity index (χ1) is 14.9. The molecule has 2 aromatic carbocycles. The van der Waals surface area contributed by atoms with Crippen LogP contribution in [0.15, 0.2) is 47.4 Å². The van der Waals surface area contributed by atoms with Crippen molar-refractivity contribution < 1.29 is 18.0 Å². The number of rotatable bonds is 7. The lowest BCUT2D eigenvalue weighted by atomic mass is 10.1. The zero-order chi connectivity index (χ0) is 22.0. The van der Waals surface area contributed by atoms with E-state index in [9.17, 15) is 18.0 Å². The zero-order valence-electron chi connectivity index (χ0n) is 17.6. The smallest absolute Gasteiger partial charge is 0.240 e. The number of anilines is 1. The van der Waals surface area contributed by atoms with E-state index in [4.69, 9.17) is 0 Å². The first kappa shape index (κ1) is 21.5. The summed E-state index contributed by atoms with van der Waals surface area (Å²) >= 11 is 0. The Hall–Kier alpha value is -2.71. The normalized spacial score (nSPS) is 16.1. The van der Waals surface area contributed by atoms with E-state index in [0.29, 0.717) is 32.4 Å². The molecule has 1 N–H and O–H groups in total. The number of hydrogen-bond acceptors (Lipinski definition) is 4. The van der Waals surface area contributed by atoms with Gasteiger partial charge < -0.3 is 9.80 Å². The van der Waals surface area contributed by atoms with Gasteiger partial charge in [-0.2, -0.15) is 0 Å². The van der Waals surface area contributed by atoms with Crippen LogP contribution in [0.3, 0.4) is 0 Å². The Morgan fingerprint density at radius 3 is 2.45 bits per heavy atom. The Kier molecular flexibility index (Phi) is 6.11. The Balaban J connectivity index is 1.39. The van der Waals surface area contributed by atoms with Crippen LogP contribution in [-0.4, -0.2) is 38.2 Å². The van der Waals surface area contributed by atoms with E-state index in [1.807, 2.05) is 36.1 Å². The molecule has 1 saturated heterocycles. The van der Waals surface area contributed by atoms with E-state index >= 15 is 0 Å². The highest BCUT2D eigenvalue weighted by atomic mass is 32.2. The van der Waals surface area contributed by atoms with Gasteiger partial charge in [0.25, 0.3) is 0 Å². The number of nitrogens with one attached hydrogen (secondary N) is 1. The van der Waals surface area contributed by atoms with E-state index < -0.39 is 10.0 Å². The number of carbonyl (C=O) groups is 2. The first-order valence-corrected chi connectivity index (χ1v) is 12.1. The molecule has 0 radical (unpaired) electrons. The standard InChI is InChI=1S/C23H27N3O4S/c1-2-22(27)26-13-11-19-14-20(9-10-21(19)26)31(29,30)24-15-17-5-7-18(8-6-17)16-25-12-3-4-23(25)28/h5-10,14,24H,2-4,11-13,15-16H2,1H3. The highest BCUT2D eigenvalue weighted by molar-refractivity contribution is 7.89. The summed E-state index contributed by atoms with van der Waals surface area (Å²) in [5.41, 5.74) is 3.57. The fraction of sp³-hybridized carbons (Fsp3) is 0.391. The SMILES string of the molecule is CCC(=O)N1CCc2cc(S(=O)(=O)NCc3ccc(CN4CCCC4=O)cc3)ccc21. The van der Waals surface area contributed by atoms with Crippen LogP contribution >= 0.6 is 0 Å². The minimum atomic E-state index is -3.67. The van der Waals surface area contributed by atoms with Crippen molar-refractivity contribution in [3.05, 3.63) is 59.2 Å². The van der Waals surface area contributed by atoms with Crippen LogP contribution in [0.25, 0.3) is 0 Å². The Morgan fingerprint density at radius 2 is 1.77 bits per heavy atom. The number of hydrogen-bond donors (Lipinski definition) is 1. The lowest BCUT2D eigenvalue weighted by Gasteiger charge is -2.16. The molecule has 0 saturated carbocycles. The van der Waals surface area contributed by atoms with Crippen LogP contribution in [0.4, 0.5) is 5.69 Å². The van der Waals surface area contributed by atoms with Crippen molar-refractivity contribution >= 4 is 27.5 Å². The molecule has 0 spiro atoms. The van der Waals surface area contributed by atoms with Crippen molar-refractivity contribution in [1.82, 2.24) is 9.62 Å². The molecule has 0 bridgehead atoms. The molecule has 2 heterocycles. The van der Waals surface area contributed by atoms with Gasteiger partial charge in [-0.15, -0.1) is 0 Å². The molecule has 0 aromatic heterocycles. The second-order valence-corrected chi connectivity index (χ2v) is 9.77. The molecule has 0 atom stereocenters. The van der Waals surface area contributed by atoms with Crippen molar-refractivity contribution in [3.8, 4) is 0 Å². The van der Waals surface area contributed by atoms with Gasteiger partial charge in [-0.3, -0.25) is 9.59 Å². The van der Waals surface area contributed by atoms with Crippen molar-refractivity contribution in [2.24, 2.45) is 0 Å². The molecule has 31 heavy (non-hydrogen) atoms. The summed E-state index contributed by atoms with van der Waals surface area (Å²) < 4.78 is 28.2. The molecule has 7 nitrogen and oxygen atoms in total. The highest BCUT2D eigenvalue weighted by Gasteiger charge is 2.26. The first-order valence-electron chi connectivity index (χ1n) is 10.7. The molecule has 2 aliphatic rings. The predicted octanol–water partition coefficient (Wildman–Crippen LogP) is 2.59. The minimum Gasteiger partial charge on any atom is -0.338 e. The molecule has 4 rings (SSSR count). The molecule has 8 heteroatoms. The number of likely N-dealkylation sites (tertiary alicyclic amines) is 1. The predicted molar refractivity (Wildman–Crippen MR) is 118 cm³/mol. The maximum absolute atomic E-state index is 12.8. The fourth-order valence-electron chi connectivity index (χ4n) is 4.11. The topological polar surface area (TPSA) is 86.8 Å². The summed E-state index contributed by atoms with van der Waals surface area (Å²) in [6.07, 6.45) is 2.61. The molecule has 0 aliphatic carbocycles. The third-order valence-electron chi connectivity index (χ3n) is 5.89. The van der Waals surface area contributed by atoms with Gasteiger partial charge in [-0.25, -0.2) is 13.1 Å².